The fourth-order valence-electron chi connectivity index (χ4n) is 5.74. The summed E-state index contributed by atoms with van der Waals surface area (Å²) in [6.07, 6.45) is 3.60. The summed E-state index contributed by atoms with van der Waals surface area (Å²) < 4.78 is 15.6. The fraction of sp³-hybridized carbons (Fsp3) is 0.375. The minimum absolute atomic E-state index is 0.0308. The largest absolute Gasteiger partial charge is 0.457 e. The van der Waals surface area contributed by atoms with E-state index in [1.807, 2.05) is 84.5 Å². The van der Waals surface area contributed by atoms with Crippen LogP contribution < -0.4 is 15.2 Å². The number of aromatic nitrogens is 2. The normalized spacial score (nSPS) is 16.4. The van der Waals surface area contributed by atoms with Crippen LogP contribution in [-0.4, -0.2) is 75.3 Å². The lowest BCUT2D eigenvalue weighted by molar-refractivity contribution is 0.00876. The Bertz CT molecular complexity index is 1700. The maximum atomic E-state index is 12.9. The molecule has 2 aromatic heterocycles. The number of piperazine rings is 1. The zero-order valence-corrected chi connectivity index (χ0v) is 27.8. The minimum Gasteiger partial charge on any atom is -0.457 e. The van der Waals surface area contributed by atoms with E-state index in [0.717, 1.165) is 59.9 Å². The maximum absolute atomic E-state index is 12.9. The number of carbonyl (C=O) groups is 1. The number of hydrogen-bond acceptors (Lipinski definition) is 7. The average molecular weight is 714 g/mol. The van der Waals surface area contributed by atoms with Crippen molar-refractivity contribution in [2.24, 2.45) is 7.05 Å². The third-order valence-corrected chi connectivity index (χ3v) is 9.72. The predicted molar refractivity (Wildman–Crippen MR) is 182 cm³/mol. The lowest BCUT2D eigenvalue weighted by atomic mass is 10.0. The van der Waals surface area contributed by atoms with E-state index in [1.165, 1.54) is 9.12 Å². The van der Waals surface area contributed by atoms with Gasteiger partial charge in [-0.05, 0) is 45.0 Å². The summed E-state index contributed by atoms with van der Waals surface area (Å²) in [5.41, 5.74) is 3.16. The summed E-state index contributed by atoms with van der Waals surface area (Å²) in [5.74, 6) is 1.50. The molecular formula is C32H36IN5O4S. The third kappa shape index (κ3) is 6.25. The molecule has 0 aliphatic carbocycles. The summed E-state index contributed by atoms with van der Waals surface area (Å²) in [6.45, 7) is 10.7. The second kappa shape index (κ2) is 12.1. The first-order valence-electron chi connectivity index (χ1n) is 14.5. The number of carbonyl (C=O) groups excluding carboxylic acids is 1. The van der Waals surface area contributed by atoms with Crippen LogP contribution in [0.1, 0.15) is 20.8 Å². The number of anilines is 1. The number of hydrogen-bond donors (Lipinski definition) is 0. The van der Waals surface area contributed by atoms with Gasteiger partial charge in [0.15, 0.2) is 0 Å². The second-order valence-corrected chi connectivity index (χ2v) is 13.8. The second-order valence-electron chi connectivity index (χ2n) is 12.1. The van der Waals surface area contributed by atoms with E-state index < -0.39 is 5.60 Å². The molecule has 2 aromatic carbocycles. The Kier molecular flexibility index (Phi) is 8.40. The van der Waals surface area contributed by atoms with Crippen LogP contribution in [0.2, 0.25) is 0 Å². The Labute approximate surface area is 268 Å². The first-order chi connectivity index (χ1) is 20.6. The molecular weight excluding hydrogens is 677 g/mol. The minimum atomic E-state index is -0.475. The van der Waals surface area contributed by atoms with Gasteiger partial charge in [0, 0.05) is 123 Å². The van der Waals surface area contributed by atoms with Crippen LogP contribution >= 0.6 is 30.3 Å². The number of ether oxygens (including phenoxy) is 2. The molecule has 0 unspecified atom stereocenters. The van der Waals surface area contributed by atoms with Gasteiger partial charge in [-0.1, -0.05) is 24.3 Å². The number of aryl methyl sites for hydroxylation is 1. The van der Waals surface area contributed by atoms with Crippen molar-refractivity contribution in [1.82, 2.24) is 18.3 Å². The molecule has 0 radical (unpaired) electrons. The Morgan fingerprint density at radius 1 is 0.977 bits per heavy atom. The molecule has 0 N–H and O–H groups in total. The van der Waals surface area contributed by atoms with Gasteiger partial charge >= 0.3 is 6.09 Å². The highest BCUT2D eigenvalue weighted by molar-refractivity contribution is 14.2. The molecule has 0 bridgehead atoms. The molecule has 2 saturated heterocycles. The maximum Gasteiger partial charge on any atom is 0.410 e. The van der Waals surface area contributed by atoms with E-state index in [0.29, 0.717) is 24.6 Å². The lowest BCUT2D eigenvalue weighted by Crippen LogP contribution is -2.63. The number of fused-ring (bicyclic) bond motifs is 1. The summed E-state index contributed by atoms with van der Waals surface area (Å²) in [7, 11) is 3.26. The molecule has 11 heteroatoms. The van der Waals surface area contributed by atoms with Gasteiger partial charge in [-0.2, -0.15) is 0 Å². The molecule has 2 aliphatic rings. The molecule has 0 atom stereocenters. The number of rotatable bonds is 6. The van der Waals surface area contributed by atoms with Crippen LogP contribution in [0, 0.1) is 0 Å². The van der Waals surface area contributed by atoms with Crippen LogP contribution in [0.5, 0.6) is 11.5 Å². The van der Waals surface area contributed by atoms with Crippen molar-refractivity contribution in [2.75, 3.05) is 44.2 Å². The van der Waals surface area contributed by atoms with Crippen LogP contribution in [0.3, 0.4) is 0 Å². The van der Waals surface area contributed by atoms with Crippen LogP contribution in [-0.2, 0) is 11.8 Å². The molecule has 6 rings (SSSR count). The first-order valence-corrected chi connectivity index (χ1v) is 17.8. The molecule has 4 heterocycles. The lowest BCUT2D eigenvalue weighted by Gasteiger charge is -2.49. The van der Waals surface area contributed by atoms with E-state index in [-0.39, 0.29) is 11.7 Å². The Balaban J connectivity index is 1.13. The van der Waals surface area contributed by atoms with Crippen molar-refractivity contribution in [3.05, 3.63) is 77.3 Å². The molecule has 0 spiro atoms. The van der Waals surface area contributed by atoms with E-state index in [4.69, 9.17) is 9.47 Å². The van der Waals surface area contributed by atoms with Gasteiger partial charge in [0.25, 0.3) is 5.56 Å². The van der Waals surface area contributed by atoms with Gasteiger partial charge < -0.3 is 23.8 Å². The molecule has 1 amide bonds. The molecule has 43 heavy (non-hydrogen) atoms. The van der Waals surface area contributed by atoms with Crippen molar-refractivity contribution >= 4 is 53.0 Å². The molecule has 0 saturated carbocycles. The van der Waals surface area contributed by atoms with Gasteiger partial charge in [0.1, 0.15) is 22.6 Å². The quantitative estimate of drug-likeness (QED) is 0.215. The van der Waals surface area contributed by atoms with Gasteiger partial charge in [-0.15, -0.1) is 0 Å². The molecule has 4 aromatic rings. The summed E-state index contributed by atoms with van der Waals surface area (Å²) in [5, 5.41) is 0.899. The molecule has 2 fully saturated rings. The van der Waals surface area contributed by atoms with Gasteiger partial charge in [-0.3, -0.25) is 13.7 Å². The van der Waals surface area contributed by atoms with Gasteiger partial charge in [0.2, 0.25) is 0 Å². The summed E-state index contributed by atoms with van der Waals surface area (Å²) >= 11 is 2.19. The van der Waals surface area contributed by atoms with Gasteiger partial charge in [-0.25, -0.2) is 4.79 Å². The Morgan fingerprint density at radius 3 is 2.44 bits per heavy atom. The number of amides is 1. The van der Waals surface area contributed by atoms with E-state index in [2.05, 4.69) is 43.1 Å². The standard InChI is InChI=1S/C32H36IN5O4S/c1-32(2,3)42-31(40)36-16-14-35(15-17-36)23-19-37(20-23)22-8-7-9-24(18-22)41-28-11-6-5-10-25(28)27-21-34(4)30(39)29-26(27)12-13-38(29)43-33/h5-13,18,21,23H,14-17,19-20H2,1-4H3. The number of halogens is 1. The number of pyridine rings is 1. The predicted octanol–water partition coefficient (Wildman–Crippen LogP) is 6.39. The smallest absolute Gasteiger partial charge is 0.410 e. The van der Waals surface area contributed by atoms with E-state index in [9.17, 15) is 9.59 Å². The number of para-hydroxylation sites is 1. The number of benzene rings is 2. The highest BCUT2D eigenvalue weighted by Crippen LogP contribution is 2.38. The van der Waals surface area contributed by atoms with Crippen LogP contribution in [0.4, 0.5) is 10.5 Å². The SMILES string of the molecule is Cn1cc(-c2ccccc2Oc2cccc(N3CC(N4CCN(C(=O)OC(C)(C)C)CC4)C3)c2)c2ccn(SI)c2c1=O. The van der Waals surface area contributed by atoms with Crippen molar-refractivity contribution in [3.63, 3.8) is 0 Å². The fourth-order valence-corrected chi connectivity index (χ4v) is 7.08. The van der Waals surface area contributed by atoms with Crippen molar-refractivity contribution < 1.29 is 14.3 Å². The van der Waals surface area contributed by atoms with Crippen LogP contribution in [0.25, 0.3) is 22.0 Å². The highest BCUT2D eigenvalue weighted by Gasteiger charge is 2.35. The van der Waals surface area contributed by atoms with Crippen molar-refractivity contribution in [1.29, 1.82) is 0 Å². The zero-order chi connectivity index (χ0) is 30.3. The number of nitrogens with zero attached hydrogens (tertiary/aromatic N) is 5. The molecule has 226 valence electrons. The Hall–Kier alpha value is -3.16. The summed E-state index contributed by atoms with van der Waals surface area (Å²) in [6, 6.07) is 18.6. The average Bonchev–Trinajstić information content (AvgIpc) is 3.39. The first kappa shape index (κ1) is 29.9. The van der Waals surface area contributed by atoms with Gasteiger partial charge in [0.05, 0.1) is 0 Å². The topological polar surface area (TPSA) is 72.2 Å². The van der Waals surface area contributed by atoms with E-state index in [1.54, 1.807) is 11.6 Å². The van der Waals surface area contributed by atoms with Crippen molar-refractivity contribution in [3.8, 4) is 22.6 Å². The monoisotopic (exact) mass is 713 g/mol. The molecule has 9 nitrogen and oxygen atoms in total. The molecule has 2 aliphatic heterocycles. The zero-order valence-electron chi connectivity index (χ0n) is 24.8. The summed E-state index contributed by atoms with van der Waals surface area (Å²) in [4.78, 5) is 32.0. The third-order valence-electron chi connectivity index (χ3n) is 7.99. The van der Waals surface area contributed by atoms with Crippen LogP contribution in [0.15, 0.2) is 71.8 Å². The van der Waals surface area contributed by atoms with E-state index >= 15 is 0 Å². The Morgan fingerprint density at radius 2 is 1.72 bits per heavy atom. The van der Waals surface area contributed by atoms with Crippen molar-refractivity contribution in [2.45, 2.75) is 32.4 Å². The highest BCUT2D eigenvalue weighted by atomic mass is 127.